The number of aromatic amines is 1. The fourth-order valence-corrected chi connectivity index (χ4v) is 2.53. The first-order chi connectivity index (χ1) is 8.74. The van der Waals surface area contributed by atoms with Gasteiger partial charge in [0, 0.05) is 30.7 Å². The lowest BCUT2D eigenvalue weighted by Crippen LogP contribution is -2.28. The molecule has 1 fully saturated rings. The van der Waals surface area contributed by atoms with Crippen LogP contribution in [0.4, 0.5) is 11.5 Å². The maximum atomic E-state index is 5.79. The summed E-state index contributed by atoms with van der Waals surface area (Å²) in [6.45, 7) is 4.48. The lowest BCUT2D eigenvalue weighted by atomic mass is 10.2. The number of H-pyrrole nitrogens is 1. The summed E-state index contributed by atoms with van der Waals surface area (Å²) in [5.41, 5.74) is 8.05. The minimum atomic E-state index is 0.576. The highest BCUT2D eigenvalue weighted by Gasteiger charge is 2.13. The standard InChI is InChI=1S/C13H19N5/c1-17-5-2-6-18(8-7-17)10-3-4-11-12(9-10)15-16-13(11)14/h3-4,9H,2,5-8H2,1H3,(H3,14,15,16). The smallest absolute Gasteiger partial charge is 0.153 e. The van der Waals surface area contributed by atoms with Crippen LogP contribution >= 0.6 is 0 Å². The monoisotopic (exact) mass is 245 g/mol. The Bertz CT molecular complexity index is 547. The Labute approximate surface area is 107 Å². The van der Waals surface area contributed by atoms with Crippen molar-refractivity contribution in [2.75, 3.05) is 43.9 Å². The third kappa shape index (κ3) is 2.01. The van der Waals surface area contributed by atoms with E-state index in [1.807, 2.05) is 0 Å². The number of rotatable bonds is 1. The quantitative estimate of drug-likeness (QED) is 0.794. The molecule has 96 valence electrons. The van der Waals surface area contributed by atoms with E-state index in [0.717, 1.165) is 30.5 Å². The maximum Gasteiger partial charge on any atom is 0.153 e. The number of likely N-dealkylation sites (N-methyl/N-ethyl adjacent to an activating group) is 1. The van der Waals surface area contributed by atoms with E-state index in [1.165, 1.54) is 18.7 Å². The highest BCUT2D eigenvalue weighted by atomic mass is 15.2. The molecule has 1 aliphatic heterocycles. The minimum absolute atomic E-state index is 0.576. The van der Waals surface area contributed by atoms with Crippen molar-refractivity contribution < 1.29 is 0 Å². The highest BCUT2D eigenvalue weighted by Crippen LogP contribution is 2.24. The number of hydrogen-bond acceptors (Lipinski definition) is 4. The average Bonchev–Trinajstić information content (AvgIpc) is 2.60. The van der Waals surface area contributed by atoms with Gasteiger partial charge in [0.05, 0.1) is 5.52 Å². The summed E-state index contributed by atoms with van der Waals surface area (Å²) >= 11 is 0. The molecule has 0 radical (unpaired) electrons. The van der Waals surface area contributed by atoms with Crippen molar-refractivity contribution in [2.45, 2.75) is 6.42 Å². The van der Waals surface area contributed by atoms with Crippen molar-refractivity contribution in [1.29, 1.82) is 0 Å². The van der Waals surface area contributed by atoms with E-state index in [1.54, 1.807) is 0 Å². The molecule has 1 aliphatic rings. The van der Waals surface area contributed by atoms with Crippen LogP contribution < -0.4 is 10.6 Å². The second kappa shape index (κ2) is 4.49. The van der Waals surface area contributed by atoms with Crippen LogP contribution in [-0.4, -0.2) is 48.3 Å². The van der Waals surface area contributed by atoms with E-state index >= 15 is 0 Å². The predicted octanol–water partition coefficient (Wildman–Crippen LogP) is 1.29. The summed E-state index contributed by atoms with van der Waals surface area (Å²) in [5, 5.41) is 8.02. The van der Waals surface area contributed by atoms with E-state index in [-0.39, 0.29) is 0 Å². The van der Waals surface area contributed by atoms with Gasteiger partial charge < -0.3 is 15.5 Å². The first-order valence-electron chi connectivity index (χ1n) is 6.41. The van der Waals surface area contributed by atoms with Crippen LogP contribution in [0.2, 0.25) is 0 Å². The number of fused-ring (bicyclic) bond motifs is 1. The number of nitrogens with zero attached hydrogens (tertiary/aromatic N) is 3. The zero-order chi connectivity index (χ0) is 12.5. The van der Waals surface area contributed by atoms with Gasteiger partial charge in [0.15, 0.2) is 5.82 Å². The SMILES string of the molecule is CN1CCCN(c2ccc3c(N)n[nH]c3c2)CC1. The van der Waals surface area contributed by atoms with Crippen LogP contribution in [0.1, 0.15) is 6.42 Å². The van der Waals surface area contributed by atoms with Gasteiger partial charge in [-0.2, -0.15) is 5.10 Å². The molecule has 5 nitrogen and oxygen atoms in total. The first kappa shape index (κ1) is 11.3. The topological polar surface area (TPSA) is 61.2 Å². The largest absolute Gasteiger partial charge is 0.382 e. The summed E-state index contributed by atoms with van der Waals surface area (Å²) in [5.74, 6) is 0.576. The molecule has 3 N–H and O–H groups in total. The van der Waals surface area contributed by atoms with Crippen molar-refractivity contribution in [1.82, 2.24) is 15.1 Å². The van der Waals surface area contributed by atoms with Crippen molar-refractivity contribution >= 4 is 22.4 Å². The average molecular weight is 245 g/mol. The van der Waals surface area contributed by atoms with E-state index in [4.69, 9.17) is 5.73 Å². The van der Waals surface area contributed by atoms with Crippen LogP contribution in [0.25, 0.3) is 10.9 Å². The Balaban J connectivity index is 1.89. The number of nitrogens with one attached hydrogen (secondary N) is 1. The number of hydrogen-bond donors (Lipinski definition) is 2. The minimum Gasteiger partial charge on any atom is -0.382 e. The van der Waals surface area contributed by atoms with Gasteiger partial charge in [0.2, 0.25) is 0 Å². The molecular formula is C13H19N5. The maximum absolute atomic E-state index is 5.79. The van der Waals surface area contributed by atoms with E-state index in [0.29, 0.717) is 5.82 Å². The number of nitrogens with two attached hydrogens (primary N) is 1. The van der Waals surface area contributed by atoms with Crippen LogP contribution in [0.15, 0.2) is 18.2 Å². The van der Waals surface area contributed by atoms with Crippen molar-refractivity contribution in [3.05, 3.63) is 18.2 Å². The predicted molar refractivity (Wildman–Crippen MR) is 74.8 cm³/mol. The molecule has 5 heteroatoms. The van der Waals surface area contributed by atoms with Crippen LogP contribution in [0.5, 0.6) is 0 Å². The van der Waals surface area contributed by atoms with Crippen molar-refractivity contribution in [3.63, 3.8) is 0 Å². The number of benzene rings is 1. The number of anilines is 2. The Hall–Kier alpha value is -1.75. The lowest BCUT2D eigenvalue weighted by Gasteiger charge is -2.22. The van der Waals surface area contributed by atoms with Gasteiger partial charge in [-0.25, -0.2) is 0 Å². The molecule has 1 aromatic carbocycles. The molecule has 3 rings (SSSR count). The van der Waals surface area contributed by atoms with Crippen molar-refractivity contribution in [2.24, 2.45) is 0 Å². The van der Waals surface area contributed by atoms with Gasteiger partial charge in [-0.3, -0.25) is 5.10 Å². The molecular weight excluding hydrogens is 226 g/mol. The molecule has 1 aromatic heterocycles. The normalized spacial score (nSPS) is 18.2. The Morgan fingerprint density at radius 3 is 3.00 bits per heavy atom. The van der Waals surface area contributed by atoms with Gasteiger partial charge in [-0.05, 0) is 38.2 Å². The van der Waals surface area contributed by atoms with Gasteiger partial charge in [-0.15, -0.1) is 0 Å². The molecule has 0 saturated carbocycles. The molecule has 2 aromatic rings. The third-order valence-electron chi connectivity index (χ3n) is 3.66. The molecule has 0 unspecified atom stereocenters. The molecule has 0 bridgehead atoms. The van der Waals surface area contributed by atoms with Crippen molar-refractivity contribution in [3.8, 4) is 0 Å². The summed E-state index contributed by atoms with van der Waals surface area (Å²) in [4.78, 5) is 4.81. The first-order valence-corrected chi connectivity index (χ1v) is 6.41. The third-order valence-corrected chi connectivity index (χ3v) is 3.66. The number of nitrogen functional groups attached to an aromatic ring is 1. The van der Waals surface area contributed by atoms with E-state index < -0.39 is 0 Å². The molecule has 0 atom stereocenters. The molecule has 0 aliphatic carbocycles. The van der Waals surface area contributed by atoms with Gasteiger partial charge in [0.25, 0.3) is 0 Å². The second-order valence-corrected chi connectivity index (χ2v) is 4.98. The van der Waals surface area contributed by atoms with Gasteiger partial charge in [0.1, 0.15) is 0 Å². The summed E-state index contributed by atoms with van der Waals surface area (Å²) < 4.78 is 0. The Morgan fingerprint density at radius 1 is 1.22 bits per heavy atom. The number of aromatic nitrogens is 2. The zero-order valence-electron chi connectivity index (χ0n) is 10.7. The van der Waals surface area contributed by atoms with E-state index in [2.05, 4.69) is 45.2 Å². The van der Waals surface area contributed by atoms with Gasteiger partial charge >= 0.3 is 0 Å². The summed E-state index contributed by atoms with van der Waals surface area (Å²) in [6, 6.07) is 6.33. The van der Waals surface area contributed by atoms with Crippen LogP contribution in [-0.2, 0) is 0 Å². The molecule has 1 saturated heterocycles. The zero-order valence-corrected chi connectivity index (χ0v) is 10.7. The second-order valence-electron chi connectivity index (χ2n) is 4.98. The van der Waals surface area contributed by atoms with E-state index in [9.17, 15) is 0 Å². The fourth-order valence-electron chi connectivity index (χ4n) is 2.53. The molecule has 0 amide bonds. The summed E-state index contributed by atoms with van der Waals surface area (Å²) in [7, 11) is 2.18. The highest BCUT2D eigenvalue weighted by molar-refractivity contribution is 5.90. The van der Waals surface area contributed by atoms with Gasteiger partial charge in [-0.1, -0.05) is 0 Å². The summed E-state index contributed by atoms with van der Waals surface area (Å²) in [6.07, 6.45) is 1.21. The molecule has 18 heavy (non-hydrogen) atoms. The molecule has 0 spiro atoms. The Kier molecular flexibility index (Phi) is 2.83. The van der Waals surface area contributed by atoms with Crippen LogP contribution in [0.3, 0.4) is 0 Å². The van der Waals surface area contributed by atoms with Crippen LogP contribution in [0, 0.1) is 0 Å². The Morgan fingerprint density at radius 2 is 2.11 bits per heavy atom. The molecule has 2 heterocycles. The lowest BCUT2D eigenvalue weighted by molar-refractivity contribution is 0.360. The fraction of sp³-hybridized carbons (Fsp3) is 0.462.